The molecular formula is C14H18. The van der Waals surface area contributed by atoms with E-state index in [9.17, 15) is 0 Å². The van der Waals surface area contributed by atoms with Gasteiger partial charge in [0.1, 0.15) is 0 Å². The number of hydrogen-bond donors (Lipinski definition) is 0. The lowest BCUT2D eigenvalue weighted by Gasteiger charge is -2.22. The molecule has 1 aromatic rings. The third kappa shape index (κ3) is 1.47. The van der Waals surface area contributed by atoms with E-state index in [1.807, 2.05) is 0 Å². The van der Waals surface area contributed by atoms with E-state index in [1.165, 1.54) is 32.1 Å². The minimum absolute atomic E-state index is 0.897. The maximum Gasteiger partial charge on any atom is -0.0161 e. The van der Waals surface area contributed by atoms with Crippen LogP contribution in [0.15, 0.2) is 18.2 Å². The molecule has 1 aromatic carbocycles. The summed E-state index contributed by atoms with van der Waals surface area (Å²) in [5.74, 6) is 1.81. The Labute approximate surface area is 86.3 Å². The smallest absolute Gasteiger partial charge is 0.0161 e. The summed E-state index contributed by atoms with van der Waals surface area (Å²) in [7, 11) is 0. The van der Waals surface area contributed by atoms with Crippen molar-refractivity contribution in [1.29, 1.82) is 0 Å². The van der Waals surface area contributed by atoms with Gasteiger partial charge in [-0.1, -0.05) is 25.1 Å². The second-order valence-corrected chi connectivity index (χ2v) is 5.15. The van der Waals surface area contributed by atoms with Crippen molar-refractivity contribution in [1.82, 2.24) is 0 Å². The number of fused-ring (bicyclic) bond motifs is 1. The van der Waals surface area contributed by atoms with Crippen LogP contribution in [0.5, 0.6) is 0 Å². The predicted molar refractivity (Wildman–Crippen MR) is 59.6 cm³/mol. The topological polar surface area (TPSA) is 0 Å². The Hall–Kier alpha value is -0.780. The van der Waals surface area contributed by atoms with Crippen LogP contribution in [0.1, 0.15) is 48.8 Å². The zero-order valence-corrected chi connectivity index (χ0v) is 8.92. The van der Waals surface area contributed by atoms with Crippen LogP contribution in [-0.2, 0) is 12.8 Å². The highest BCUT2D eigenvalue weighted by Crippen LogP contribution is 2.41. The van der Waals surface area contributed by atoms with E-state index < -0.39 is 0 Å². The quantitative estimate of drug-likeness (QED) is 0.627. The molecule has 0 radical (unpaired) electrons. The van der Waals surface area contributed by atoms with Gasteiger partial charge in [-0.15, -0.1) is 0 Å². The van der Waals surface area contributed by atoms with Gasteiger partial charge in [0.05, 0.1) is 0 Å². The molecule has 0 spiro atoms. The number of hydrogen-bond acceptors (Lipinski definition) is 0. The third-order valence-electron chi connectivity index (χ3n) is 3.75. The van der Waals surface area contributed by atoms with Crippen molar-refractivity contribution in [3.05, 3.63) is 34.9 Å². The zero-order valence-electron chi connectivity index (χ0n) is 8.92. The SMILES string of the molecule is C[C@@H]1CCc2cc(C3CC3)ccc2C1. The summed E-state index contributed by atoms with van der Waals surface area (Å²) >= 11 is 0. The molecule has 0 heterocycles. The lowest BCUT2D eigenvalue weighted by Crippen LogP contribution is -2.11. The Morgan fingerprint density at radius 2 is 1.93 bits per heavy atom. The van der Waals surface area contributed by atoms with Crippen LogP contribution >= 0.6 is 0 Å². The van der Waals surface area contributed by atoms with Crippen molar-refractivity contribution in [3.8, 4) is 0 Å². The molecule has 1 atom stereocenters. The molecule has 74 valence electrons. The Kier molecular flexibility index (Phi) is 1.90. The summed E-state index contributed by atoms with van der Waals surface area (Å²) in [5, 5.41) is 0. The summed E-state index contributed by atoms with van der Waals surface area (Å²) < 4.78 is 0. The predicted octanol–water partition coefficient (Wildman–Crippen LogP) is 3.69. The summed E-state index contributed by atoms with van der Waals surface area (Å²) in [6, 6.07) is 7.24. The van der Waals surface area contributed by atoms with Gasteiger partial charge in [-0.2, -0.15) is 0 Å². The fourth-order valence-electron chi connectivity index (χ4n) is 2.63. The van der Waals surface area contributed by atoms with Gasteiger partial charge in [-0.3, -0.25) is 0 Å². The van der Waals surface area contributed by atoms with Crippen molar-refractivity contribution in [2.75, 3.05) is 0 Å². The Morgan fingerprint density at radius 3 is 2.71 bits per heavy atom. The van der Waals surface area contributed by atoms with Gasteiger partial charge in [0.25, 0.3) is 0 Å². The molecular weight excluding hydrogens is 168 g/mol. The first-order chi connectivity index (χ1) is 6.83. The molecule has 1 saturated carbocycles. The second-order valence-electron chi connectivity index (χ2n) is 5.15. The first kappa shape index (κ1) is 8.52. The molecule has 2 aliphatic carbocycles. The maximum atomic E-state index is 2.48. The average Bonchev–Trinajstić information content (AvgIpc) is 3.00. The van der Waals surface area contributed by atoms with Crippen molar-refractivity contribution in [3.63, 3.8) is 0 Å². The standard InChI is InChI=1S/C14H18/c1-10-2-3-14-9-13(11-4-5-11)7-6-12(14)8-10/h6-7,9-11H,2-5,8H2,1H3/t10-/m1/s1. The van der Waals surface area contributed by atoms with Crippen molar-refractivity contribution >= 4 is 0 Å². The van der Waals surface area contributed by atoms with Gasteiger partial charge < -0.3 is 0 Å². The fraction of sp³-hybridized carbons (Fsp3) is 0.571. The van der Waals surface area contributed by atoms with Crippen LogP contribution < -0.4 is 0 Å². The average molecular weight is 186 g/mol. The van der Waals surface area contributed by atoms with E-state index in [-0.39, 0.29) is 0 Å². The van der Waals surface area contributed by atoms with Gasteiger partial charge in [0.15, 0.2) is 0 Å². The van der Waals surface area contributed by atoms with Crippen LogP contribution in [0.2, 0.25) is 0 Å². The largest absolute Gasteiger partial charge is 0.0622 e. The van der Waals surface area contributed by atoms with Gasteiger partial charge in [0.2, 0.25) is 0 Å². The van der Waals surface area contributed by atoms with E-state index in [0.717, 1.165) is 11.8 Å². The van der Waals surface area contributed by atoms with Crippen LogP contribution in [0, 0.1) is 5.92 Å². The summed E-state index contributed by atoms with van der Waals surface area (Å²) in [6.45, 7) is 2.37. The second kappa shape index (κ2) is 3.12. The fourth-order valence-corrected chi connectivity index (χ4v) is 2.63. The summed E-state index contributed by atoms with van der Waals surface area (Å²) in [5.41, 5.74) is 4.87. The summed E-state index contributed by atoms with van der Waals surface area (Å²) in [6.07, 6.45) is 6.86. The third-order valence-corrected chi connectivity index (χ3v) is 3.75. The Bertz CT molecular complexity index is 347. The number of aryl methyl sites for hydroxylation is 1. The van der Waals surface area contributed by atoms with Crippen molar-refractivity contribution in [2.45, 2.75) is 44.9 Å². The molecule has 0 aliphatic heterocycles. The first-order valence-electron chi connectivity index (χ1n) is 5.94. The highest BCUT2D eigenvalue weighted by atomic mass is 14.3. The monoisotopic (exact) mass is 186 g/mol. The summed E-state index contributed by atoms with van der Waals surface area (Å²) in [4.78, 5) is 0. The molecule has 0 saturated heterocycles. The zero-order chi connectivity index (χ0) is 9.54. The Balaban J connectivity index is 1.94. The van der Waals surface area contributed by atoms with Gasteiger partial charge in [-0.25, -0.2) is 0 Å². The van der Waals surface area contributed by atoms with E-state index in [0.29, 0.717) is 0 Å². The van der Waals surface area contributed by atoms with Crippen molar-refractivity contribution in [2.24, 2.45) is 5.92 Å². The maximum absolute atomic E-state index is 2.48. The first-order valence-corrected chi connectivity index (χ1v) is 5.94. The van der Waals surface area contributed by atoms with E-state index in [1.54, 1.807) is 16.7 Å². The molecule has 3 rings (SSSR count). The van der Waals surface area contributed by atoms with Crippen LogP contribution in [-0.4, -0.2) is 0 Å². The molecule has 14 heavy (non-hydrogen) atoms. The Morgan fingerprint density at radius 1 is 1.07 bits per heavy atom. The number of rotatable bonds is 1. The van der Waals surface area contributed by atoms with Gasteiger partial charge in [-0.05, 0) is 60.6 Å². The molecule has 0 aromatic heterocycles. The highest BCUT2D eigenvalue weighted by Gasteiger charge is 2.24. The lowest BCUT2D eigenvalue weighted by atomic mass is 9.84. The normalized spacial score (nSPS) is 25.9. The van der Waals surface area contributed by atoms with E-state index >= 15 is 0 Å². The van der Waals surface area contributed by atoms with Crippen LogP contribution in [0.4, 0.5) is 0 Å². The number of benzene rings is 1. The van der Waals surface area contributed by atoms with Gasteiger partial charge in [0, 0.05) is 0 Å². The van der Waals surface area contributed by atoms with E-state index in [4.69, 9.17) is 0 Å². The van der Waals surface area contributed by atoms with Crippen molar-refractivity contribution < 1.29 is 0 Å². The molecule has 0 bridgehead atoms. The molecule has 0 nitrogen and oxygen atoms in total. The molecule has 0 amide bonds. The molecule has 0 heteroatoms. The molecule has 1 fully saturated rings. The minimum Gasteiger partial charge on any atom is -0.0622 e. The van der Waals surface area contributed by atoms with Crippen LogP contribution in [0.25, 0.3) is 0 Å². The van der Waals surface area contributed by atoms with E-state index in [2.05, 4.69) is 25.1 Å². The molecule has 2 aliphatic rings. The van der Waals surface area contributed by atoms with Crippen LogP contribution in [0.3, 0.4) is 0 Å². The lowest BCUT2D eigenvalue weighted by molar-refractivity contribution is 0.501. The molecule has 0 N–H and O–H groups in total. The minimum atomic E-state index is 0.897. The highest BCUT2D eigenvalue weighted by molar-refractivity contribution is 5.37. The molecule has 0 unspecified atom stereocenters. The van der Waals surface area contributed by atoms with Gasteiger partial charge >= 0.3 is 0 Å².